The van der Waals surface area contributed by atoms with Crippen LogP contribution in [0.2, 0.25) is 36.3 Å². The second-order valence-electron chi connectivity index (χ2n) is 31.3. The van der Waals surface area contributed by atoms with E-state index in [1.54, 1.807) is 107 Å². The summed E-state index contributed by atoms with van der Waals surface area (Å²) < 4.78 is 278. The Kier molecular flexibility index (Phi) is 68.3. The van der Waals surface area contributed by atoms with E-state index in [-0.39, 0.29) is 30.1 Å². The zero-order chi connectivity index (χ0) is 113. The molecule has 15 N–H and O–H groups in total. The molecule has 2 aliphatic heterocycles. The van der Waals surface area contributed by atoms with Crippen LogP contribution in [0.3, 0.4) is 0 Å². The molecule has 8 rings (SSSR count). The van der Waals surface area contributed by atoms with Crippen LogP contribution in [0.25, 0.3) is 66.8 Å². The Morgan fingerprint density at radius 1 is 0.365 bits per heavy atom. The van der Waals surface area contributed by atoms with Crippen molar-refractivity contribution in [2.24, 2.45) is 28.7 Å². The van der Waals surface area contributed by atoms with Gasteiger partial charge in [-0.2, -0.15) is 16.8 Å². The minimum absolute atomic E-state index is 0.0578. The monoisotopic (exact) mass is 2330 g/mol. The second-order valence-corrected chi connectivity index (χ2v) is 58.0. The molecule has 0 radical (unpaired) electrons. The lowest BCUT2D eigenvalue weighted by Gasteiger charge is -2.33. The van der Waals surface area contributed by atoms with Gasteiger partial charge in [0.15, 0.2) is 9.81 Å². The number of hydrogen-bond acceptors (Lipinski definition) is 38. The van der Waals surface area contributed by atoms with E-state index in [0.29, 0.717) is 88.4 Å². The van der Waals surface area contributed by atoms with Gasteiger partial charge < -0.3 is 127 Å². The van der Waals surface area contributed by atoms with Gasteiger partial charge >= 0.3 is 71.4 Å². The Hall–Kier alpha value is -6.03. The van der Waals surface area contributed by atoms with Crippen LogP contribution in [-0.2, 0) is 137 Å². The summed E-state index contributed by atoms with van der Waals surface area (Å²) in [5.74, 6) is 0.994. The summed E-state index contributed by atoms with van der Waals surface area (Å²) >= 11 is 0. The van der Waals surface area contributed by atoms with E-state index < -0.39 is 130 Å². The minimum atomic E-state index is -5.81. The van der Waals surface area contributed by atoms with Crippen LogP contribution < -0.4 is 63.1 Å². The summed E-state index contributed by atoms with van der Waals surface area (Å²) in [6.45, 7) is 25.6. The molecule has 0 saturated heterocycles. The van der Waals surface area contributed by atoms with E-state index in [9.17, 15) is 47.7 Å². The van der Waals surface area contributed by atoms with E-state index in [4.69, 9.17) is 146 Å². The van der Waals surface area contributed by atoms with Crippen molar-refractivity contribution in [1.82, 2.24) is 13.9 Å². The molecule has 4 aliphatic rings. The first-order valence-corrected chi connectivity index (χ1v) is 67.5. The molecule has 0 fully saturated rings. The van der Waals surface area contributed by atoms with E-state index in [1.165, 1.54) is 45.6 Å². The number of anilines is 2. The Morgan fingerprint density at radius 2 is 0.615 bits per heavy atom. The SMILES string of the molecule is CCN(CC)c1ccc2c(-c3ccc(S(=O)(=O)Cl)cc3S(=O)(=O)O)c3ccc(=[N+](CC)CC)cc-3oc2c1.CCN(CC)c1ccc2c(-c3ccc(S(=O)(O)(O)NCCC[Si](OC)(OC)OC)cc3S(=O)(=O)O)c3ccc(=[N+](CC)CC)cc-3oc2c1.CO[Si](CCCN)(OC)OC.CO[Si](CCCN)(OC)OC.CO[Si](CCCN)(OC)OC.CO[Si](CCCN)(OC)OC.CO[Si](CCCN)(OC)OC.O=[Si]=O.O=[Si]=O. The first kappa shape index (κ1) is 142. The predicted octanol–water partition coefficient (Wildman–Crippen LogP) is 9.87. The molecule has 58 heteroatoms. The van der Waals surface area contributed by atoms with E-state index in [1.807, 2.05) is 100 Å². The first-order valence-electron chi connectivity index (χ1n) is 47.3. The van der Waals surface area contributed by atoms with Crippen molar-refractivity contribution in [3.63, 3.8) is 0 Å². The Bertz CT molecular complexity index is 5600. The summed E-state index contributed by atoms with van der Waals surface area (Å²) in [6, 6.07) is 33.6. The first-order chi connectivity index (χ1) is 70.0. The molecule has 4 aromatic carbocycles. The molecule has 0 aromatic heterocycles. The topological polar surface area (TPSA) is 616 Å². The van der Waals surface area contributed by atoms with Gasteiger partial charge in [0.1, 0.15) is 58.7 Å². The summed E-state index contributed by atoms with van der Waals surface area (Å²) in [7, 11) is -3.39. The van der Waals surface area contributed by atoms with Gasteiger partial charge in [0.25, 0.3) is 29.3 Å². The largest absolute Gasteiger partial charge is 0.549 e. The van der Waals surface area contributed by atoms with Crippen molar-refractivity contribution >= 4 is 155 Å². The van der Waals surface area contributed by atoms with Gasteiger partial charge in [-0.15, -0.1) is 0 Å². The fourth-order valence-corrected chi connectivity index (χ4v) is 29.4. The second kappa shape index (κ2) is 71.2. The van der Waals surface area contributed by atoms with Gasteiger partial charge in [0, 0.05) is 287 Å². The molecule has 0 saturated carbocycles. The van der Waals surface area contributed by atoms with Crippen molar-refractivity contribution in [2.75, 3.05) is 229 Å². The average Bonchev–Trinajstić information content (AvgIpc) is 0.733. The van der Waals surface area contributed by atoms with Gasteiger partial charge in [-0.1, -0.05) is 12.1 Å². The van der Waals surface area contributed by atoms with Crippen molar-refractivity contribution in [3.8, 4) is 44.9 Å². The summed E-state index contributed by atoms with van der Waals surface area (Å²) in [5, 5.41) is 3.01. The Balaban J connectivity index is 0.00000190. The zero-order valence-corrected chi connectivity index (χ0v) is 102. The van der Waals surface area contributed by atoms with Crippen LogP contribution in [0.5, 0.6) is 0 Å². The number of fused-ring (bicyclic) bond motifs is 4. The van der Waals surface area contributed by atoms with Crippen LogP contribution >= 0.6 is 10.7 Å². The standard InChI is InChI=1S/C33H47N3O10S2Si.C27H29ClN2O6S2.5C6H17NO3Si.2O2Si/c1-8-35(9-2)24-13-16-27-30(21-24)46-31-22-25(36(10-3)11-4)14-17-28(31)33(27)29-18-15-26(23-32(29)47(37,38)39)48(40,41,42)34-19-12-20-49(43-5,44-6)45-7;1-5-29(6-2)18-9-12-21-24(15-18)36-25-16-19(30(7-3)8-4)10-13-22(25)27(21)23-14-11-20(37(28,31)32)17-26(23)38(33,34)35;5*1-8-11(9-2,10-3)6-4-5-7;2*1-3-2/h13-18,21-23H,8-12,19-20H2,1-7H3,(H3-,34,37,38,39,40,41,42);9-17H,5-8H2,1-4H3;5*4-7H2,1-3H3;;/p+2. The lowest BCUT2D eigenvalue weighted by atomic mass is 9.93. The number of nitrogens with two attached hydrogens (primary N) is 5. The molecular weight excluding hydrogens is 2170 g/mol. The fourth-order valence-electron chi connectivity index (χ4n) is 15.3. The quantitative estimate of drug-likeness (QED) is 0.00423. The molecule has 4 aromatic rings. The maximum atomic E-state index is 13.6. The fraction of sp³-hybridized carbons (Fsp3) is 0.578. The van der Waals surface area contributed by atoms with Crippen LogP contribution in [0.4, 0.5) is 11.4 Å². The Morgan fingerprint density at radius 3 is 0.851 bits per heavy atom. The van der Waals surface area contributed by atoms with Gasteiger partial charge in [-0.3, -0.25) is 36.1 Å². The third kappa shape index (κ3) is 42.9. The number of benzene rings is 6. The smallest absolute Gasteiger partial charge is 0.456 e. The van der Waals surface area contributed by atoms with E-state index in [0.717, 1.165) is 149 Å². The number of nitrogens with one attached hydrogen (secondary N) is 1. The highest BCUT2D eigenvalue weighted by Gasteiger charge is 2.43. The molecule has 0 bridgehead atoms. The number of nitrogens with zero attached hydrogens (tertiary/aromatic N) is 4. The molecule has 0 amide bonds. The van der Waals surface area contributed by atoms with E-state index >= 15 is 0 Å². The van der Waals surface area contributed by atoms with Crippen LogP contribution in [0, 0.1) is 0 Å². The normalized spacial score (nSPS) is 12.2. The summed E-state index contributed by atoms with van der Waals surface area (Å²) in [5.41, 5.74) is 31.9. The van der Waals surface area contributed by atoms with Crippen molar-refractivity contribution in [1.29, 1.82) is 0 Å². The lowest BCUT2D eigenvalue weighted by Crippen LogP contribution is -2.48. The molecule has 0 atom stereocenters. The van der Waals surface area contributed by atoms with Crippen LogP contribution in [0.1, 0.15) is 93.9 Å². The molecule has 2 heterocycles. The van der Waals surface area contributed by atoms with Gasteiger partial charge in [0.2, 0.25) is 10.7 Å². The van der Waals surface area contributed by atoms with Crippen LogP contribution in [0.15, 0.2) is 138 Å². The highest BCUT2D eigenvalue weighted by atomic mass is 35.7. The molecule has 45 nitrogen and oxygen atoms in total. The van der Waals surface area contributed by atoms with Crippen molar-refractivity contribution in [2.45, 2.75) is 150 Å². The number of rotatable bonds is 54. The maximum Gasteiger partial charge on any atom is 0.549 e. The van der Waals surface area contributed by atoms with E-state index in [2.05, 4.69) is 51.4 Å². The average molecular weight is 2330 g/mol. The van der Waals surface area contributed by atoms with Crippen molar-refractivity contribution in [3.05, 3.63) is 120 Å². The van der Waals surface area contributed by atoms with Gasteiger partial charge in [-0.05, 0) is 187 Å². The molecule has 148 heavy (non-hydrogen) atoms. The minimum Gasteiger partial charge on any atom is -0.456 e. The lowest BCUT2D eigenvalue weighted by molar-refractivity contribution is 0.122. The number of halogens is 1. The molecule has 2 aliphatic carbocycles. The van der Waals surface area contributed by atoms with Gasteiger partial charge in [0.05, 0.1) is 21.9 Å². The Labute approximate surface area is 888 Å². The highest BCUT2D eigenvalue weighted by molar-refractivity contribution is 8.13. The van der Waals surface area contributed by atoms with Gasteiger partial charge in [-0.25, -0.2) is 26.5 Å². The van der Waals surface area contributed by atoms with Crippen molar-refractivity contribution < 1.29 is 154 Å². The number of hydrogen-bond donors (Lipinski definition) is 10. The molecule has 0 spiro atoms. The molecular formula is C90H163ClN10O35S4Si8+2. The third-order valence-corrected chi connectivity index (χ3v) is 45.6. The van der Waals surface area contributed by atoms with Crippen LogP contribution in [-0.4, -0.2) is 339 Å². The predicted molar refractivity (Wildman–Crippen MR) is 585 cm³/mol. The summed E-state index contributed by atoms with van der Waals surface area (Å²) in [6.07, 6.45) is 4.60. The molecule has 0 unspecified atom stereocenters. The maximum absolute atomic E-state index is 13.6. The highest BCUT2D eigenvalue weighted by Crippen LogP contribution is 2.47. The third-order valence-electron chi connectivity index (χ3n) is 23.7. The molecule has 844 valence electrons. The zero-order valence-electron chi connectivity index (χ0n) is 90.4. The summed E-state index contributed by atoms with van der Waals surface area (Å²) in [4.78, 5) is 2.02.